The summed E-state index contributed by atoms with van der Waals surface area (Å²) in [6.45, 7) is 0. The molecule has 10 rings (SSSR count). The van der Waals surface area contributed by atoms with Crippen molar-refractivity contribution < 1.29 is 62.1 Å². The average molecular weight is 1180 g/mol. The van der Waals surface area contributed by atoms with Crippen molar-refractivity contribution in [2.75, 3.05) is 11.5 Å². The number of azo groups is 4. The van der Waals surface area contributed by atoms with Crippen LogP contribution < -0.4 is 11.5 Å². The number of anilines is 2. The second-order valence-corrected chi connectivity index (χ2v) is 23.5. The lowest BCUT2D eigenvalue weighted by Crippen LogP contribution is -2.00. The molecule has 0 bridgehead atoms. The molecule has 0 saturated carbocycles. The van der Waals surface area contributed by atoms with E-state index in [1.807, 2.05) is 0 Å². The van der Waals surface area contributed by atoms with Gasteiger partial charge in [-0.3, -0.25) is 18.2 Å². The number of nitrogen functional groups attached to an aromatic ring is 2. The second-order valence-electron chi connectivity index (χ2n) is 17.9. The number of nitrogens with zero attached hydrogens (tertiary/aromatic N) is 8. The first-order valence-electron chi connectivity index (χ1n) is 23.5. The van der Waals surface area contributed by atoms with E-state index in [0.717, 1.165) is 12.1 Å². The largest absolute Gasteiger partial charge is 0.505 e. The van der Waals surface area contributed by atoms with Crippen molar-refractivity contribution in [3.05, 3.63) is 169 Å². The highest BCUT2D eigenvalue weighted by atomic mass is 32.2. The van der Waals surface area contributed by atoms with Gasteiger partial charge in [0, 0.05) is 32.9 Å². The maximum Gasteiger partial charge on any atom is 0.296 e. The molecule has 10 N–H and O–H groups in total. The SMILES string of the molecule is Nc1ccc(N=Nc2cccc3ccc(S(=O)(=O)O)cc23)c2ccc(N=Nc3ccc(/C=C/c4ccc(N=Nc5c(S(=O)(=O)O)cc6c(N=Nc7cccc8ccc(S(=O)(=O)O)cc78)ccc(N)c6c5O)cc4S(=O)(=O)O)cc3)c(O)c12. The van der Waals surface area contributed by atoms with Gasteiger partial charge >= 0.3 is 0 Å². The fourth-order valence-electron chi connectivity index (χ4n) is 8.63. The summed E-state index contributed by atoms with van der Waals surface area (Å²) in [5, 5.41) is 58.3. The molecule has 28 heteroatoms. The summed E-state index contributed by atoms with van der Waals surface area (Å²) in [6.07, 6.45) is 2.88. The van der Waals surface area contributed by atoms with Gasteiger partial charge in [-0.25, -0.2) is 0 Å². The first kappa shape index (κ1) is 55.5. The molecule has 0 aliphatic rings. The fourth-order valence-corrected chi connectivity index (χ4v) is 11.0. The summed E-state index contributed by atoms with van der Waals surface area (Å²) in [5.41, 5.74) is 13.1. The number of phenols is 2. The van der Waals surface area contributed by atoms with Gasteiger partial charge in [0.15, 0.2) is 11.5 Å². The van der Waals surface area contributed by atoms with Crippen LogP contribution in [0.3, 0.4) is 0 Å². The summed E-state index contributed by atoms with van der Waals surface area (Å²) in [4.78, 5) is -2.33. The van der Waals surface area contributed by atoms with E-state index in [4.69, 9.17) is 11.5 Å². The Hall–Kier alpha value is -9.78. The van der Waals surface area contributed by atoms with Gasteiger partial charge in [0.05, 0.1) is 54.7 Å². The molecule has 0 fully saturated rings. The van der Waals surface area contributed by atoms with Crippen molar-refractivity contribution in [1.29, 1.82) is 0 Å². The zero-order valence-electron chi connectivity index (χ0n) is 41.5. The maximum absolute atomic E-state index is 12.8. The molecule has 0 spiro atoms. The lowest BCUT2D eigenvalue weighted by molar-refractivity contribution is 0.472. The summed E-state index contributed by atoms with van der Waals surface area (Å²) >= 11 is 0. The molecule has 0 aliphatic carbocycles. The second kappa shape index (κ2) is 21.4. The van der Waals surface area contributed by atoms with E-state index in [1.165, 1.54) is 91.0 Å². The van der Waals surface area contributed by atoms with Crippen LogP contribution in [-0.4, -0.2) is 62.1 Å². The minimum absolute atomic E-state index is 0.0206. The van der Waals surface area contributed by atoms with Crippen molar-refractivity contribution in [1.82, 2.24) is 0 Å². The van der Waals surface area contributed by atoms with Crippen LogP contribution in [0.1, 0.15) is 11.1 Å². The van der Waals surface area contributed by atoms with Crippen molar-refractivity contribution in [3.63, 3.8) is 0 Å². The van der Waals surface area contributed by atoms with Crippen molar-refractivity contribution in [3.8, 4) is 11.5 Å². The van der Waals surface area contributed by atoms with E-state index >= 15 is 0 Å². The van der Waals surface area contributed by atoms with Gasteiger partial charge in [0.1, 0.15) is 21.2 Å². The van der Waals surface area contributed by atoms with E-state index in [-0.39, 0.29) is 71.9 Å². The lowest BCUT2D eigenvalue weighted by Gasteiger charge is -2.12. The van der Waals surface area contributed by atoms with E-state index in [2.05, 4.69) is 40.9 Å². The Balaban J connectivity index is 0.883. The molecule has 10 aromatic rings. The molecule has 24 nitrogen and oxygen atoms in total. The predicted octanol–water partition coefficient (Wildman–Crippen LogP) is 13.7. The fraction of sp³-hybridized carbons (Fsp3) is 0. The molecule has 0 atom stereocenters. The van der Waals surface area contributed by atoms with Crippen LogP contribution in [0.2, 0.25) is 0 Å². The number of rotatable bonds is 14. The number of hydrogen-bond acceptors (Lipinski definition) is 20. The minimum Gasteiger partial charge on any atom is -0.505 e. The van der Waals surface area contributed by atoms with E-state index in [1.54, 1.807) is 66.7 Å². The molecular weight excluding hydrogens is 1140 g/mol. The predicted molar refractivity (Wildman–Crippen MR) is 306 cm³/mol. The lowest BCUT2D eigenvalue weighted by atomic mass is 10.0. The Bertz CT molecular complexity index is 4980. The van der Waals surface area contributed by atoms with Crippen LogP contribution in [0, 0.1) is 0 Å². The summed E-state index contributed by atoms with van der Waals surface area (Å²) in [5.74, 6) is -1.19. The molecule has 412 valence electrons. The summed E-state index contributed by atoms with van der Waals surface area (Å²) in [7, 11) is -19.2. The Morgan fingerprint density at radius 3 is 1.38 bits per heavy atom. The third-order valence-electron chi connectivity index (χ3n) is 12.6. The molecule has 0 radical (unpaired) electrons. The molecule has 82 heavy (non-hydrogen) atoms. The van der Waals surface area contributed by atoms with Crippen molar-refractivity contribution in [2.45, 2.75) is 19.6 Å². The molecular formula is C54H38N10O14S4. The molecule has 0 unspecified atom stereocenters. The number of nitrogens with two attached hydrogens (primary N) is 2. The first-order chi connectivity index (χ1) is 38.8. The highest BCUT2D eigenvalue weighted by Crippen LogP contribution is 2.48. The Labute approximate surface area is 464 Å². The molecule has 0 aliphatic heterocycles. The quantitative estimate of drug-likeness (QED) is 0.0217. The van der Waals surface area contributed by atoms with Gasteiger partial charge < -0.3 is 21.7 Å². The average Bonchev–Trinajstić information content (AvgIpc) is 2.92. The summed E-state index contributed by atoms with van der Waals surface area (Å²) < 4.78 is 138. The van der Waals surface area contributed by atoms with Gasteiger partial charge in [0.2, 0.25) is 0 Å². The van der Waals surface area contributed by atoms with Crippen LogP contribution in [0.25, 0.3) is 55.2 Å². The van der Waals surface area contributed by atoms with Gasteiger partial charge in [-0.1, -0.05) is 66.7 Å². The topological polar surface area (TPSA) is 409 Å². The first-order valence-corrected chi connectivity index (χ1v) is 29.2. The van der Waals surface area contributed by atoms with Gasteiger partial charge in [0.25, 0.3) is 40.5 Å². The van der Waals surface area contributed by atoms with Crippen LogP contribution in [-0.2, 0) is 40.5 Å². The van der Waals surface area contributed by atoms with E-state index in [9.17, 15) is 62.1 Å². The number of benzene rings is 10. The van der Waals surface area contributed by atoms with Crippen LogP contribution >= 0.6 is 0 Å². The van der Waals surface area contributed by atoms with Gasteiger partial charge in [-0.15, -0.1) is 30.7 Å². The monoisotopic (exact) mass is 1180 g/mol. The molecule has 0 heterocycles. The van der Waals surface area contributed by atoms with Crippen LogP contribution in [0.4, 0.5) is 56.9 Å². The molecule has 0 amide bonds. The zero-order chi connectivity index (χ0) is 58.5. The van der Waals surface area contributed by atoms with Crippen LogP contribution in [0.5, 0.6) is 11.5 Å². The zero-order valence-corrected chi connectivity index (χ0v) is 44.7. The number of phenolic OH excluding ortho intramolecular Hbond substituents is 2. The smallest absolute Gasteiger partial charge is 0.296 e. The minimum atomic E-state index is -5.21. The normalized spacial score (nSPS) is 13.0. The number of hydrogen-bond donors (Lipinski definition) is 8. The van der Waals surface area contributed by atoms with E-state index in [0.29, 0.717) is 44.2 Å². The highest BCUT2D eigenvalue weighted by Gasteiger charge is 2.25. The molecule has 10 aromatic carbocycles. The number of aromatic hydroxyl groups is 2. The Morgan fingerprint density at radius 1 is 0.366 bits per heavy atom. The maximum atomic E-state index is 12.8. The number of fused-ring (bicyclic) bond motifs is 4. The van der Waals surface area contributed by atoms with Crippen molar-refractivity contribution >= 4 is 153 Å². The van der Waals surface area contributed by atoms with Gasteiger partial charge in [-0.05, 0) is 125 Å². The molecule has 0 saturated heterocycles. The van der Waals surface area contributed by atoms with E-state index < -0.39 is 66.6 Å². The molecule has 0 aromatic heterocycles. The highest BCUT2D eigenvalue weighted by molar-refractivity contribution is 7.86. The Morgan fingerprint density at radius 2 is 0.841 bits per heavy atom. The van der Waals surface area contributed by atoms with Crippen molar-refractivity contribution in [2.24, 2.45) is 40.9 Å². The third kappa shape index (κ3) is 11.5. The third-order valence-corrected chi connectivity index (χ3v) is 16.1. The van der Waals surface area contributed by atoms with Gasteiger partial charge in [-0.2, -0.15) is 43.9 Å². The van der Waals surface area contributed by atoms with Crippen LogP contribution in [0.15, 0.2) is 218 Å². The standard InChI is InChI=1S/C54H38N10O14S4/c55-41-20-23-45(61-59-43-5-1-3-30-12-17-35(26-38(30)43)79(67,68)69)37-19-22-47(53(65)50(37)41)63-57-33-14-8-29(9-15-33)7-10-32-11-16-34(25-48(32)81(73,74)75)58-64-52-49(82(76,77)78)28-40-46(24-21-42(56)51(40)54(52)66)62-60-44-6-2-4-31-13-18-36(27-39(31)44)80(70,71)72/h1-28,65-66H,55-56H2,(H,67,68,69)(H,70,71,72)(H,73,74,75)(H,76,77,78)/b10-7+,61-59?,62-60?,63-57?,64-58?. The Kier molecular flexibility index (Phi) is 14.5. The summed E-state index contributed by atoms with van der Waals surface area (Å²) in [6, 6.07) is 37.3.